The number of hydrogen-bond donors (Lipinski definition) is 2. The quantitative estimate of drug-likeness (QED) is 0.796. The lowest BCUT2D eigenvalue weighted by Crippen LogP contribution is -2.19. The molecule has 1 heterocycles. The zero-order valence-corrected chi connectivity index (χ0v) is 13.2. The Kier molecular flexibility index (Phi) is 4.74. The average Bonchev–Trinajstić information content (AvgIpc) is 3.06. The Morgan fingerprint density at radius 1 is 1.08 bits per heavy atom. The van der Waals surface area contributed by atoms with Crippen LogP contribution in [0.15, 0.2) is 42.5 Å². The topological polar surface area (TPSA) is 102 Å². The van der Waals surface area contributed by atoms with E-state index in [0.717, 1.165) is 0 Å². The molecular formula is C18H16O7. The molecule has 3 rings (SSSR count). The molecule has 0 amide bonds. The van der Waals surface area contributed by atoms with Crippen molar-refractivity contribution in [3.63, 3.8) is 0 Å². The van der Waals surface area contributed by atoms with Gasteiger partial charge in [-0.05, 0) is 30.2 Å². The van der Waals surface area contributed by atoms with E-state index in [-0.39, 0.29) is 19.6 Å². The zero-order chi connectivity index (χ0) is 17.8. The van der Waals surface area contributed by atoms with Gasteiger partial charge in [0.15, 0.2) is 11.5 Å². The minimum absolute atomic E-state index is 0.0673. The van der Waals surface area contributed by atoms with Gasteiger partial charge in [-0.2, -0.15) is 0 Å². The van der Waals surface area contributed by atoms with Crippen LogP contribution in [-0.2, 0) is 16.0 Å². The number of ether oxygens (including phenoxy) is 3. The molecule has 25 heavy (non-hydrogen) atoms. The Labute approximate surface area is 143 Å². The van der Waals surface area contributed by atoms with Crippen molar-refractivity contribution in [1.82, 2.24) is 0 Å². The Morgan fingerprint density at radius 3 is 2.60 bits per heavy atom. The molecule has 0 fully saturated rings. The number of benzene rings is 2. The van der Waals surface area contributed by atoms with Gasteiger partial charge in [0.2, 0.25) is 12.9 Å². The van der Waals surface area contributed by atoms with Crippen LogP contribution in [0.3, 0.4) is 0 Å². The van der Waals surface area contributed by atoms with Crippen LogP contribution in [0.25, 0.3) is 0 Å². The standard InChI is InChI=1S/C18H16O7/c19-16(20)8-6-11-3-1-2-4-13(11)25-17(18(21)22)12-5-7-14-15(9-12)24-10-23-14/h1-5,7,9,17H,6,8,10H2,(H,19,20)(H,21,22). The zero-order valence-electron chi connectivity index (χ0n) is 13.2. The van der Waals surface area contributed by atoms with Gasteiger partial charge in [-0.25, -0.2) is 4.79 Å². The normalized spacial score (nSPS) is 13.3. The van der Waals surface area contributed by atoms with E-state index < -0.39 is 18.0 Å². The first-order valence-corrected chi connectivity index (χ1v) is 7.63. The predicted octanol–water partition coefficient (Wildman–Crippen LogP) is 2.64. The summed E-state index contributed by atoms with van der Waals surface area (Å²) < 4.78 is 16.2. The smallest absolute Gasteiger partial charge is 0.349 e. The first-order valence-electron chi connectivity index (χ1n) is 7.63. The van der Waals surface area contributed by atoms with E-state index in [1.54, 1.807) is 42.5 Å². The van der Waals surface area contributed by atoms with Crippen molar-refractivity contribution < 1.29 is 34.0 Å². The number of carbonyl (C=O) groups is 2. The first-order chi connectivity index (χ1) is 12.0. The Bertz CT molecular complexity index is 800. The summed E-state index contributed by atoms with van der Waals surface area (Å²) in [6, 6.07) is 11.6. The second kappa shape index (κ2) is 7.12. The van der Waals surface area contributed by atoms with E-state index in [9.17, 15) is 14.7 Å². The molecule has 1 aliphatic heterocycles. The number of carboxylic acid groups (broad SMARTS) is 2. The second-order valence-corrected chi connectivity index (χ2v) is 5.45. The molecular weight excluding hydrogens is 328 g/mol. The highest BCUT2D eigenvalue weighted by molar-refractivity contribution is 5.75. The third-order valence-electron chi connectivity index (χ3n) is 3.75. The van der Waals surface area contributed by atoms with Crippen LogP contribution in [-0.4, -0.2) is 28.9 Å². The van der Waals surface area contributed by atoms with Crippen LogP contribution < -0.4 is 14.2 Å². The highest BCUT2D eigenvalue weighted by Gasteiger charge is 2.25. The van der Waals surface area contributed by atoms with E-state index in [2.05, 4.69) is 0 Å². The molecule has 0 saturated heterocycles. The fraction of sp³-hybridized carbons (Fsp3) is 0.222. The summed E-state index contributed by atoms with van der Waals surface area (Å²) in [5.74, 6) is -0.734. The van der Waals surface area contributed by atoms with Gasteiger partial charge in [-0.3, -0.25) is 4.79 Å². The van der Waals surface area contributed by atoms with Gasteiger partial charge < -0.3 is 24.4 Å². The molecule has 130 valence electrons. The van der Waals surface area contributed by atoms with Gasteiger partial charge in [0, 0.05) is 12.0 Å². The minimum atomic E-state index is -1.25. The molecule has 1 unspecified atom stereocenters. The lowest BCUT2D eigenvalue weighted by atomic mass is 10.1. The number of carboxylic acids is 2. The Morgan fingerprint density at radius 2 is 1.84 bits per heavy atom. The van der Waals surface area contributed by atoms with Gasteiger partial charge in [0.1, 0.15) is 5.75 Å². The van der Waals surface area contributed by atoms with Crippen molar-refractivity contribution in [3.05, 3.63) is 53.6 Å². The van der Waals surface area contributed by atoms with Crippen molar-refractivity contribution in [3.8, 4) is 17.2 Å². The van der Waals surface area contributed by atoms with Crippen molar-refractivity contribution in [2.75, 3.05) is 6.79 Å². The number of aliphatic carboxylic acids is 2. The largest absolute Gasteiger partial charge is 0.481 e. The fourth-order valence-electron chi connectivity index (χ4n) is 2.53. The first kappa shape index (κ1) is 16.6. The van der Waals surface area contributed by atoms with E-state index in [0.29, 0.717) is 28.4 Å². The molecule has 1 aliphatic rings. The Hall–Kier alpha value is -3.22. The van der Waals surface area contributed by atoms with E-state index in [1.165, 1.54) is 0 Å². The summed E-state index contributed by atoms with van der Waals surface area (Å²) in [7, 11) is 0. The van der Waals surface area contributed by atoms with E-state index >= 15 is 0 Å². The van der Waals surface area contributed by atoms with Crippen molar-refractivity contribution in [1.29, 1.82) is 0 Å². The number of fused-ring (bicyclic) bond motifs is 1. The lowest BCUT2D eigenvalue weighted by molar-refractivity contribution is -0.145. The maximum absolute atomic E-state index is 11.7. The minimum Gasteiger partial charge on any atom is -0.481 e. The summed E-state index contributed by atoms with van der Waals surface area (Å²) in [5.41, 5.74) is 1.04. The van der Waals surface area contributed by atoms with Gasteiger partial charge in [-0.1, -0.05) is 24.3 Å². The third-order valence-corrected chi connectivity index (χ3v) is 3.75. The summed E-state index contributed by atoms with van der Waals surface area (Å²) in [6.45, 7) is 0.0927. The second-order valence-electron chi connectivity index (χ2n) is 5.45. The average molecular weight is 344 g/mol. The highest BCUT2D eigenvalue weighted by atomic mass is 16.7. The van der Waals surface area contributed by atoms with Crippen LogP contribution in [0.1, 0.15) is 23.7 Å². The molecule has 0 saturated carbocycles. The molecule has 7 nitrogen and oxygen atoms in total. The molecule has 2 N–H and O–H groups in total. The molecule has 0 spiro atoms. The van der Waals surface area contributed by atoms with Gasteiger partial charge in [-0.15, -0.1) is 0 Å². The molecule has 2 aromatic carbocycles. The van der Waals surface area contributed by atoms with E-state index in [1.807, 2.05) is 0 Å². The molecule has 1 atom stereocenters. The monoisotopic (exact) mass is 344 g/mol. The number of aryl methyl sites for hydroxylation is 1. The maximum Gasteiger partial charge on any atom is 0.349 e. The van der Waals surface area contributed by atoms with Crippen molar-refractivity contribution in [2.45, 2.75) is 18.9 Å². The fourth-order valence-corrected chi connectivity index (χ4v) is 2.53. The van der Waals surface area contributed by atoms with Gasteiger partial charge in [0.25, 0.3) is 0 Å². The number of rotatable bonds is 7. The van der Waals surface area contributed by atoms with Crippen LogP contribution in [0, 0.1) is 0 Å². The van der Waals surface area contributed by atoms with Gasteiger partial charge >= 0.3 is 11.9 Å². The van der Waals surface area contributed by atoms with Crippen LogP contribution in [0.2, 0.25) is 0 Å². The number of hydrogen-bond acceptors (Lipinski definition) is 5. The molecule has 7 heteroatoms. The summed E-state index contributed by atoms with van der Waals surface area (Å²) >= 11 is 0. The predicted molar refractivity (Wildman–Crippen MR) is 86.0 cm³/mol. The highest BCUT2D eigenvalue weighted by Crippen LogP contribution is 2.36. The SMILES string of the molecule is O=C(O)CCc1ccccc1OC(C(=O)O)c1ccc2c(c1)OCO2. The summed E-state index contributed by atoms with van der Waals surface area (Å²) in [5, 5.41) is 18.4. The van der Waals surface area contributed by atoms with Gasteiger partial charge in [0.05, 0.1) is 0 Å². The summed E-state index contributed by atoms with van der Waals surface area (Å²) in [6.07, 6.45) is -1.07. The lowest BCUT2D eigenvalue weighted by Gasteiger charge is -2.18. The maximum atomic E-state index is 11.7. The molecule has 0 aromatic heterocycles. The van der Waals surface area contributed by atoms with Crippen molar-refractivity contribution >= 4 is 11.9 Å². The molecule has 0 bridgehead atoms. The van der Waals surface area contributed by atoms with E-state index in [4.69, 9.17) is 19.3 Å². The van der Waals surface area contributed by atoms with Crippen molar-refractivity contribution in [2.24, 2.45) is 0 Å². The van der Waals surface area contributed by atoms with Crippen LogP contribution >= 0.6 is 0 Å². The molecule has 0 aliphatic carbocycles. The number of para-hydroxylation sites is 1. The molecule has 0 radical (unpaired) electrons. The molecule has 2 aromatic rings. The summed E-state index contributed by atoms with van der Waals surface area (Å²) in [4.78, 5) is 22.5. The third kappa shape index (κ3) is 3.82. The van der Waals surface area contributed by atoms with Crippen LogP contribution in [0.5, 0.6) is 17.2 Å². The Balaban J connectivity index is 1.86. The van der Waals surface area contributed by atoms with Crippen LogP contribution in [0.4, 0.5) is 0 Å².